The van der Waals surface area contributed by atoms with E-state index in [0.717, 1.165) is 98.5 Å². The molecule has 6 rings (SSSR count). The third kappa shape index (κ3) is 19.5. The van der Waals surface area contributed by atoms with Gasteiger partial charge in [-0.2, -0.15) is 0 Å². The normalized spacial score (nSPS) is 16.2. The smallest absolute Gasteiger partial charge is 0.550 e. The van der Waals surface area contributed by atoms with E-state index in [9.17, 15) is 0 Å². The fourth-order valence-corrected chi connectivity index (χ4v) is 4.26. The Morgan fingerprint density at radius 2 is 0.620 bits per heavy atom. The van der Waals surface area contributed by atoms with Crippen molar-refractivity contribution in [3.63, 3.8) is 0 Å². The number of amidine groups is 4. The first-order valence-corrected chi connectivity index (χ1v) is 15.6. The van der Waals surface area contributed by atoms with E-state index in [-0.39, 0.29) is 42.1 Å². The minimum absolute atomic E-state index is 0. The van der Waals surface area contributed by atoms with Gasteiger partial charge >= 0.3 is 42.1 Å². The second-order valence-electron chi connectivity index (χ2n) is 10.4. The minimum atomic E-state index is -1.08. The summed E-state index contributed by atoms with van der Waals surface area (Å²) in [4.78, 5) is 36.1. The Labute approximate surface area is 322 Å². The quantitative estimate of drug-likeness (QED) is 0.195. The summed E-state index contributed by atoms with van der Waals surface area (Å²) in [6, 6.07) is 39.8. The molecule has 0 aromatic heterocycles. The van der Waals surface area contributed by atoms with Gasteiger partial charge < -0.3 is 50.4 Å². The Morgan fingerprint density at radius 1 is 0.440 bits per heavy atom. The maximum atomic E-state index is 8.89. The summed E-state index contributed by atoms with van der Waals surface area (Å²) in [7, 11) is 0. The van der Waals surface area contributed by atoms with Gasteiger partial charge in [-0.1, -0.05) is 121 Å². The molecule has 50 heavy (non-hydrogen) atoms. The van der Waals surface area contributed by atoms with Crippen molar-refractivity contribution in [2.75, 3.05) is 0 Å². The molecule has 2 saturated heterocycles. The van der Waals surface area contributed by atoms with E-state index in [2.05, 4.69) is 30.6 Å². The number of benzene rings is 4. The van der Waals surface area contributed by atoms with Crippen molar-refractivity contribution in [1.29, 1.82) is 0 Å². The second kappa shape index (κ2) is 25.4. The summed E-state index contributed by atoms with van der Waals surface area (Å²) in [5, 5.41) is 26.9. The van der Waals surface area contributed by atoms with Gasteiger partial charge in [0.05, 0.1) is 0 Å². The number of carbonyl (C=O) groups is 2. The molecular weight excluding hydrogens is 796 g/mol. The minimum Gasteiger partial charge on any atom is -0.550 e. The van der Waals surface area contributed by atoms with Crippen LogP contribution in [0.3, 0.4) is 0 Å². The van der Waals surface area contributed by atoms with E-state index in [1.165, 1.54) is 0 Å². The number of carboxylic acids is 2. The number of rotatable bonds is 4. The first-order chi connectivity index (χ1) is 23.3. The monoisotopic (exact) mass is 838 g/mol. The molecule has 4 aromatic carbocycles. The van der Waals surface area contributed by atoms with Crippen LogP contribution in [0.25, 0.3) is 10.6 Å². The van der Waals surface area contributed by atoms with E-state index in [1.807, 2.05) is 121 Å². The fourth-order valence-electron chi connectivity index (χ4n) is 4.26. The zero-order valence-electron chi connectivity index (χ0n) is 27.9. The Bertz CT molecular complexity index is 1440. The first-order valence-electron chi connectivity index (χ1n) is 15.6. The van der Waals surface area contributed by atoms with Crippen molar-refractivity contribution >= 4 is 58.0 Å². The average molecular weight is 835 g/mol. The molecule has 0 atom stereocenters. The molecule has 10 nitrogen and oxygen atoms in total. The zero-order valence-corrected chi connectivity index (χ0v) is 31.9. The van der Waals surface area contributed by atoms with E-state index in [0.29, 0.717) is 0 Å². The summed E-state index contributed by atoms with van der Waals surface area (Å²) < 4.78 is 0. The Kier molecular flexibility index (Phi) is 22.1. The number of aliphatic carboxylic acids is 2. The van der Waals surface area contributed by atoms with Crippen LogP contribution in [0.15, 0.2) is 141 Å². The van der Waals surface area contributed by atoms with E-state index < -0.39 is 11.9 Å². The van der Waals surface area contributed by atoms with Gasteiger partial charge in [0, 0.05) is 11.9 Å². The zero-order chi connectivity index (χ0) is 34.4. The number of para-hydroxylation sites is 4. The molecule has 2 heterocycles. The first kappa shape index (κ1) is 43.5. The summed E-state index contributed by atoms with van der Waals surface area (Å²) in [6.07, 6.45) is 5.79. The summed E-state index contributed by atoms with van der Waals surface area (Å²) in [6.45, 7) is 1.94. The number of carboxylic acid groups (broad SMARTS) is 2. The third-order valence-corrected chi connectivity index (χ3v) is 6.18. The van der Waals surface area contributed by atoms with Crippen molar-refractivity contribution in [2.24, 2.45) is 20.0 Å². The second-order valence-corrected chi connectivity index (χ2v) is 10.4. The van der Waals surface area contributed by atoms with Gasteiger partial charge in [0.15, 0.2) is 0 Å². The Morgan fingerprint density at radius 3 is 0.800 bits per heavy atom. The molecule has 0 N–H and O–H groups in total. The molecule has 0 amide bonds. The van der Waals surface area contributed by atoms with Crippen molar-refractivity contribution in [3.05, 3.63) is 132 Å². The van der Waals surface area contributed by atoms with Crippen LogP contribution in [0.4, 0.5) is 22.7 Å². The van der Waals surface area contributed by atoms with Crippen LogP contribution in [0, 0.1) is 0 Å². The molecule has 0 bridgehead atoms. The average Bonchev–Trinajstić information content (AvgIpc) is 3.07. The van der Waals surface area contributed by atoms with Crippen LogP contribution in [0.2, 0.25) is 0 Å². The van der Waals surface area contributed by atoms with Crippen molar-refractivity contribution < 1.29 is 61.9 Å². The molecule has 0 unspecified atom stereocenters. The molecule has 2 aliphatic rings. The predicted molar refractivity (Wildman–Crippen MR) is 190 cm³/mol. The molecule has 2 fully saturated rings. The molecule has 0 spiro atoms. The van der Waals surface area contributed by atoms with Crippen molar-refractivity contribution in [3.8, 4) is 0 Å². The van der Waals surface area contributed by atoms with Crippen molar-refractivity contribution in [2.45, 2.75) is 52.4 Å². The number of hydrogen-bond donors (Lipinski definition) is 0. The van der Waals surface area contributed by atoms with E-state index in [4.69, 9.17) is 19.8 Å². The molecule has 4 aromatic rings. The molecular formula is C38H38Mo2N6O4. The van der Waals surface area contributed by atoms with Gasteiger partial charge in [-0.15, -0.1) is 0 Å². The largest absolute Gasteiger partial charge is 2.00 e. The van der Waals surface area contributed by atoms with Gasteiger partial charge in [-0.3, -0.25) is 0 Å². The molecule has 0 saturated carbocycles. The van der Waals surface area contributed by atoms with Gasteiger partial charge in [-0.05, 0) is 98.5 Å². The summed E-state index contributed by atoms with van der Waals surface area (Å²) in [5.41, 5.74) is 3.80. The van der Waals surface area contributed by atoms with Gasteiger partial charge in [0.25, 0.3) is 0 Å². The van der Waals surface area contributed by atoms with Crippen LogP contribution in [0.5, 0.6) is 0 Å². The number of hydrogen-bond acceptors (Lipinski definition) is 8. The number of piperidine rings is 2. The number of aliphatic imine (C=N–C) groups is 4. The van der Waals surface area contributed by atoms with Gasteiger partial charge in [0.1, 0.15) is 0 Å². The number of nitrogens with zero attached hydrogens (tertiary/aromatic N) is 6. The molecule has 0 radical (unpaired) electrons. The van der Waals surface area contributed by atoms with Crippen LogP contribution in [-0.2, 0) is 51.7 Å². The van der Waals surface area contributed by atoms with Gasteiger partial charge in [0.2, 0.25) is 0 Å². The summed E-state index contributed by atoms with van der Waals surface area (Å²) >= 11 is 0. The SMILES string of the molecule is CC(=O)[O-].CC(=O)[O-].[Mo+2].[Mo+2].c1ccc(N=C2CCCC(=Nc3ccccc3)[N-]2)cc1.c1ccc(N=C2CCCC(=Nc3ccccc3)[N-]2)cc1. The third-order valence-electron chi connectivity index (χ3n) is 6.18. The number of carbonyl (C=O) groups excluding carboxylic acids is 2. The van der Waals surface area contributed by atoms with Crippen LogP contribution >= 0.6 is 0 Å². The molecule has 256 valence electrons. The van der Waals surface area contributed by atoms with E-state index >= 15 is 0 Å². The van der Waals surface area contributed by atoms with Crippen LogP contribution in [0.1, 0.15) is 52.4 Å². The molecule has 0 aliphatic carbocycles. The predicted octanol–water partition coefficient (Wildman–Crippen LogP) is 7.52. The van der Waals surface area contributed by atoms with Crippen LogP contribution < -0.4 is 10.2 Å². The standard InChI is InChI=1S/2C17H16N3.2C2H4O2.2Mo/c2*1-3-8-14(9-4-1)18-16-12-7-13-17(20-16)19-15-10-5-2-6-11-15;2*1-2(3)4;;/h2*1-6,8-11H,7,12-13H2;2*1H3,(H,3,4);;/q2*-1;;;2*+2/p-2. The van der Waals surface area contributed by atoms with Crippen molar-refractivity contribution in [1.82, 2.24) is 0 Å². The molecule has 12 heteroatoms. The maximum Gasteiger partial charge on any atom is 2.00 e. The Hall–Kier alpha value is -4.52. The molecule has 2 aliphatic heterocycles. The topological polar surface area (TPSA) is 158 Å². The Balaban J connectivity index is 0.000000399. The van der Waals surface area contributed by atoms with Crippen LogP contribution in [-0.4, -0.2) is 35.3 Å². The fraction of sp³-hybridized carbons (Fsp3) is 0.211. The summed E-state index contributed by atoms with van der Waals surface area (Å²) in [5.74, 6) is 1.32. The maximum absolute atomic E-state index is 8.89. The van der Waals surface area contributed by atoms with Gasteiger partial charge in [-0.25, -0.2) is 0 Å². The van der Waals surface area contributed by atoms with E-state index in [1.54, 1.807) is 0 Å².